The highest BCUT2D eigenvalue weighted by atomic mass is 79.9. The Morgan fingerprint density at radius 2 is 2.47 bits per heavy atom. The molecule has 82 valence electrons. The Balaban J connectivity index is 2.41. The maximum Gasteiger partial charge on any atom is 0.224 e. The van der Waals surface area contributed by atoms with E-state index in [9.17, 15) is 4.79 Å². The third-order valence-electron chi connectivity index (χ3n) is 1.79. The Labute approximate surface area is 97.2 Å². The first-order chi connectivity index (χ1) is 7.24. The van der Waals surface area contributed by atoms with Crippen molar-refractivity contribution < 1.29 is 9.53 Å². The lowest BCUT2D eigenvalue weighted by Crippen LogP contribution is -2.12. The zero-order valence-corrected chi connectivity index (χ0v) is 10.1. The van der Waals surface area contributed by atoms with Crippen LogP contribution in [0.1, 0.15) is 12.8 Å². The van der Waals surface area contributed by atoms with Gasteiger partial charge in [0.2, 0.25) is 5.91 Å². The molecule has 0 unspecified atom stereocenters. The molecule has 0 saturated carbocycles. The van der Waals surface area contributed by atoms with Crippen molar-refractivity contribution in [3.8, 4) is 0 Å². The standard InChI is InChI=1S/C10H13BrN2O2/c1-15-7-3-5-9(14)13-8-4-2-6-12-10(8)11/h2,4,6H,3,5,7H2,1H3,(H,13,14). The summed E-state index contributed by atoms with van der Waals surface area (Å²) in [5.41, 5.74) is 0.694. The Kier molecular flexibility index (Phi) is 5.28. The van der Waals surface area contributed by atoms with Crippen molar-refractivity contribution in [3.05, 3.63) is 22.9 Å². The molecule has 0 aliphatic rings. The summed E-state index contributed by atoms with van der Waals surface area (Å²) < 4.78 is 5.51. The minimum absolute atomic E-state index is 0.0271. The smallest absolute Gasteiger partial charge is 0.224 e. The third-order valence-corrected chi connectivity index (χ3v) is 2.42. The quantitative estimate of drug-likeness (QED) is 0.661. The number of nitrogens with one attached hydrogen (secondary N) is 1. The first-order valence-electron chi connectivity index (χ1n) is 4.63. The van der Waals surface area contributed by atoms with Gasteiger partial charge in [-0.2, -0.15) is 0 Å². The number of carbonyl (C=O) groups is 1. The Morgan fingerprint density at radius 1 is 1.67 bits per heavy atom. The lowest BCUT2D eigenvalue weighted by atomic mass is 10.3. The predicted octanol–water partition coefficient (Wildman–Crippen LogP) is 2.21. The van der Waals surface area contributed by atoms with E-state index in [-0.39, 0.29) is 5.91 Å². The topological polar surface area (TPSA) is 51.2 Å². The molecule has 1 heterocycles. The van der Waals surface area contributed by atoms with Gasteiger partial charge in [0, 0.05) is 26.3 Å². The van der Waals surface area contributed by atoms with Crippen LogP contribution in [0.3, 0.4) is 0 Å². The molecule has 0 aliphatic heterocycles. The summed E-state index contributed by atoms with van der Waals surface area (Å²) in [4.78, 5) is 15.4. The first-order valence-corrected chi connectivity index (χ1v) is 5.42. The fraction of sp³-hybridized carbons (Fsp3) is 0.400. The number of amides is 1. The summed E-state index contributed by atoms with van der Waals surface area (Å²) in [5, 5.41) is 2.77. The minimum atomic E-state index is -0.0271. The van der Waals surface area contributed by atoms with Gasteiger partial charge in [0.15, 0.2) is 0 Å². The molecular formula is C10H13BrN2O2. The van der Waals surface area contributed by atoms with Gasteiger partial charge in [-0.3, -0.25) is 4.79 Å². The van der Waals surface area contributed by atoms with E-state index in [1.807, 2.05) is 0 Å². The van der Waals surface area contributed by atoms with E-state index in [2.05, 4.69) is 26.2 Å². The van der Waals surface area contributed by atoms with Gasteiger partial charge in [-0.1, -0.05) is 0 Å². The molecule has 5 heteroatoms. The van der Waals surface area contributed by atoms with Crippen LogP contribution in [0.25, 0.3) is 0 Å². The van der Waals surface area contributed by atoms with Gasteiger partial charge < -0.3 is 10.1 Å². The fourth-order valence-corrected chi connectivity index (χ4v) is 1.42. The van der Waals surface area contributed by atoms with Crippen LogP contribution >= 0.6 is 15.9 Å². The molecule has 0 radical (unpaired) electrons. The largest absolute Gasteiger partial charge is 0.385 e. The van der Waals surface area contributed by atoms with E-state index in [0.717, 1.165) is 6.42 Å². The van der Waals surface area contributed by atoms with Crippen LogP contribution in [-0.4, -0.2) is 24.6 Å². The van der Waals surface area contributed by atoms with Gasteiger partial charge in [-0.15, -0.1) is 0 Å². The molecule has 1 N–H and O–H groups in total. The van der Waals surface area contributed by atoms with E-state index in [1.165, 1.54) is 0 Å². The number of nitrogens with zero attached hydrogens (tertiary/aromatic N) is 1. The molecule has 1 aromatic heterocycles. The summed E-state index contributed by atoms with van der Waals surface area (Å²) in [6, 6.07) is 3.57. The lowest BCUT2D eigenvalue weighted by Gasteiger charge is -2.05. The summed E-state index contributed by atoms with van der Waals surface area (Å²) in [6.45, 7) is 0.599. The lowest BCUT2D eigenvalue weighted by molar-refractivity contribution is -0.116. The van der Waals surface area contributed by atoms with Crippen molar-refractivity contribution >= 4 is 27.5 Å². The molecule has 1 amide bonds. The third kappa shape index (κ3) is 4.40. The van der Waals surface area contributed by atoms with Crippen LogP contribution in [0, 0.1) is 0 Å². The molecular weight excluding hydrogens is 260 g/mol. The number of methoxy groups -OCH3 is 1. The van der Waals surface area contributed by atoms with Crippen LogP contribution in [0.15, 0.2) is 22.9 Å². The number of halogens is 1. The number of ether oxygens (including phenoxy) is 1. The summed E-state index contributed by atoms with van der Waals surface area (Å²) >= 11 is 3.26. The maximum atomic E-state index is 11.4. The SMILES string of the molecule is COCCCC(=O)Nc1cccnc1Br. The van der Waals surface area contributed by atoms with E-state index in [4.69, 9.17) is 4.74 Å². The van der Waals surface area contributed by atoms with Gasteiger partial charge in [0.25, 0.3) is 0 Å². The molecule has 0 bridgehead atoms. The molecule has 4 nitrogen and oxygen atoms in total. The minimum Gasteiger partial charge on any atom is -0.385 e. The summed E-state index contributed by atoms with van der Waals surface area (Å²) in [6.07, 6.45) is 2.83. The van der Waals surface area contributed by atoms with E-state index in [0.29, 0.717) is 23.3 Å². The number of pyridine rings is 1. The molecule has 0 saturated heterocycles. The monoisotopic (exact) mass is 272 g/mol. The molecule has 0 spiro atoms. The van der Waals surface area contributed by atoms with Gasteiger partial charge in [-0.25, -0.2) is 4.98 Å². The summed E-state index contributed by atoms with van der Waals surface area (Å²) in [7, 11) is 1.62. The average molecular weight is 273 g/mol. The zero-order chi connectivity index (χ0) is 11.1. The van der Waals surface area contributed by atoms with Crippen molar-refractivity contribution in [2.75, 3.05) is 19.0 Å². The highest BCUT2D eigenvalue weighted by Crippen LogP contribution is 2.18. The van der Waals surface area contributed by atoms with E-state index < -0.39 is 0 Å². The molecule has 0 aliphatic carbocycles. The number of rotatable bonds is 5. The fourth-order valence-electron chi connectivity index (χ4n) is 1.07. The first kappa shape index (κ1) is 12.1. The van der Waals surface area contributed by atoms with Crippen molar-refractivity contribution in [3.63, 3.8) is 0 Å². The normalized spacial score (nSPS) is 10.0. The van der Waals surface area contributed by atoms with Crippen LogP contribution in [0.4, 0.5) is 5.69 Å². The Morgan fingerprint density at radius 3 is 3.13 bits per heavy atom. The predicted molar refractivity (Wildman–Crippen MR) is 61.7 cm³/mol. The van der Waals surface area contributed by atoms with Crippen LogP contribution in [0.2, 0.25) is 0 Å². The van der Waals surface area contributed by atoms with E-state index >= 15 is 0 Å². The van der Waals surface area contributed by atoms with Crippen LogP contribution in [-0.2, 0) is 9.53 Å². The second kappa shape index (κ2) is 6.53. The number of aromatic nitrogens is 1. The van der Waals surface area contributed by atoms with Gasteiger partial charge in [0.05, 0.1) is 5.69 Å². The average Bonchev–Trinajstić information content (AvgIpc) is 2.22. The number of hydrogen-bond acceptors (Lipinski definition) is 3. The highest BCUT2D eigenvalue weighted by molar-refractivity contribution is 9.10. The number of hydrogen-bond donors (Lipinski definition) is 1. The van der Waals surface area contributed by atoms with Crippen LogP contribution < -0.4 is 5.32 Å². The van der Waals surface area contributed by atoms with Crippen molar-refractivity contribution in [1.29, 1.82) is 0 Å². The highest BCUT2D eigenvalue weighted by Gasteiger charge is 2.04. The van der Waals surface area contributed by atoms with E-state index in [1.54, 1.807) is 25.4 Å². The number of carbonyl (C=O) groups excluding carboxylic acids is 1. The van der Waals surface area contributed by atoms with Crippen LogP contribution in [0.5, 0.6) is 0 Å². The molecule has 0 aromatic carbocycles. The molecule has 1 rings (SSSR count). The molecule has 1 aromatic rings. The molecule has 15 heavy (non-hydrogen) atoms. The zero-order valence-electron chi connectivity index (χ0n) is 8.50. The van der Waals surface area contributed by atoms with Crippen molar-refractivity contribution in [2.45, 2.75) is 12.8 Å². The van der Waals surface area contributed by atoms with Crippen molar-refractivity contribution in [1.82, 2.24) is 4.98 Å². The maximum absolute atomic E-state index is 11.4. The Bertz CT molecular complexity index is 331. The van der Waals surface area contributed by atoms with Gasteiger partial charge >= 0.3 is 0 Å². The molecule has 0 atom stereocenters. The second-order valence-corrected chi connectivity index (χ2v) is 3.74. The van der Waals surface area contributed by atoms with Gasteiger partial charge in [-0.05, 0) is 34.5 Å². The molecule has 0 fully saturated rings. The van der Waals surface area contributed by atoms with Gasteiger partial charge in [0.1, 0.15) is 4.60 Å². The second-order valence-electron chi connectivity index (χ2n) is 2.99. The number of anilines is 1. The summed E-state index contributed by atoms with van der Waals surface area (Å²) in [5.74, 6) is -0.0271. The van der Waals surface area contributed by atoms with Crippen molar-refractivity contribution in [2.24, 2.45) is 0 Å². The Hall–Kier alpha value is -0.940.